The summed E-state index contributed by atoms with van der Waals surface area (Å²) in [4.78, 5) is 17.4. The van der Waals surface area contributed by atoms with Crippen LogP contribution < -0.4 is 10.1 Å². The summed E-state index contributed by atoms with van der Waals surface area (Å²) in [6.45, 7) is 7.66. The van der Waals surface area contributed by atoms with E-state index in [1.54, 1.807) is 36.1 Å². The third-order valence-corrected chi connectivity index (χ3v) is 4.30. The van der Waals surface area contributed by atoms with Crippen LogP contribution >= 0.6 is 0 Å². The summed E-state index contributed by atoms with van der Waals surface area (Å²) >= 11 is 0. The maximum atomic E-state index is 13.1. The zero-order chi connectivity index (χ0) is 21.8. The number of hydrogen-bond acceptors (Lipinski definition) is 5. The predicted molar refractivity (Wildman–Crippen MR) is 110 cm³/mol. The minimum atomic E-state index is -3.43. The molecular formula is C20H27F2N5O2. The quantitative estimate of drug-likeness (QED) is 0.647. The zero-order valence-corrected chi connectivity index (χ0v) is 17.3. The Labute approximate surface area is 169 Å². The Hall–Kier alpha value is -2.97. The first-order chi connectivity index (χ1) is 13.6. The number of nitrogens with one attached hydrogen (secondary N) is 1. The van der Waals surface area contributed by atoms with E-state index in [4.69, 9.17) is 4.74 Å². The maximum Gasteiger partial charge on any atom is 0.321 e. The van der Waals surface area contributed by atoms with E-state index in [1.165, 1.54) is 0 Å². The summed E-state index contributed by atoms with van der Waals surface area (Å²) < 4.78 is 33.9. The van der Waals surface area contributed by atoms with Crippen molar-refractivity contribution in [1.82, 2.24) is 20.0 Å². The molecule has 0 unspecified atom stereocenters. The van der Waals surface area contributed by atoms with Gasteiger partial charge in [0.25, 0.3) is 5.91 Å². The number of carbonyl (C=O) groups excluding carboxylic acids is 1. The van der Waals surface area contributed by atoms with Crippen molar-refractivity contribution in [2.24, 2.45) is 4.99 Å². The molecule has 0 radical (unpaired) electrons. The highest BCUT2D eigenvalue weighted by Crippen LogP contribution is 2.25. The number of carbonyl (C=O) groups is 1. The average molecular weight is 407 g/mol. The van der Waals surface area contributed by atoms with Gasteiger partial charge in [-0.3, -0.25) is 4.79 Å². The minimum absolute atomic E-state index is 0.465. The molecule has 29 heavy (non-hydrogen) atoms. The van der Waals surface area contributed by atoms with Gasteiger partial charge in [0, 0.05) is 32.6 Å². The van der Waals surface area contributed by atoms with E-state index in [2.05, 4.69) is 22.1 Å². The Kier molecular flexibility index (Phi) is 6.94. The Morgan fingerprint density at radius 2 is 2.17 bits per heavy atom. The zero-order valence-electron chi connectivity index (χ0n) is 17.3. The molecule has 0 bridgehead atoms. The molecule has 1 aromatic heterocycles. The summed E-state index contributed by atoms with van der Waals surface area (Å²) in [5, 5.41) is 7.49. The molecule has 0 saturated carbocycles. The molecule has 1 heterocycles. The lowest BCUT2D eigenvalue weighted by molar-refractivity contribution is -0.144. The van der Waals surface area contributed by atoms with Gasteiger partial charge in [0.15, 0.2) is 5.82 Å². The van der Waals surface area contributed by atoms with Gasteiger partial charge in [-0.1, -0.05) is 6.92 Å². The van der Waals surface area contributed by atoms with Crippen molar-refractivity contribution in [3.05, 3.63) is 30.6 Å². The summed E-state index contributed by atoms with van der Waals surface area (Å²) in [6.07, 6.45) is 3.54. The molecular weight excluding hydrogens is 380 g/mol. The number of aliphatic imine (C=N–C) groups is 1. The van der Waals surface area contributed by atoms with Crippen molar-refractivity contribution in [2.45, 2.75) is 45.3 Å². The van der Waals surface area contributed by atoms with Gasteiger partial charge in [-0.25, -0.2) is 9.67 Å². The van der Waals surface area contributed by atoms with Crippen LogP contribution in [0.25, 0.3) is 16.7 Å². The van der Waals surface area contributed by atoms with Gasteiger partial charge >= 0.3 is 5.92 Å². The second-order valence-corrected chi connectivity index (χ2v) is 7.10. The van der Waals surface area contributed by atoms with E-state index >= 15 is 0 Å². The number of rotatable bonds is 9. The minimum Gasteiger partial charge on any atom is -0.488 e. The van der Waals surface area contributed by atoms with Gasteiger partial charge in [0.1, 0.15) is 11.9 Å². The molecule has 2 aromatic rings. The van der Waals surface area contributed by atoms with Gasteiger partial charge in [0.05, 0.1) is 17.8 Å². The Balaban J connectivity index is 2.22. The number of alkyl halides is 2. The number of nitrogens with zero attached hydrogens (tertiary/aromatic N) is 4. The van der Waals surface area contributed by atoms with Gasteiger partial charge in [-0.15, -0.1) is 0 Å². The predicted octanol–water partition coefficient (Wildman–Crippen LogP) is 3.37. The molecule has 0 saturated heterocycles. The smallest absolute Gasteiger partial charge is 0.321 e. The van der Waals surface area contributed by atoms with Crippen molar-refractivity contribution >= 4 is 29.3 Å². The summed E-state index contributed by atoms with van der Waals surface area (Å²) in [7, 11) is 3.75. The van der Waals surface area contributed by atoms with Gasteiger partial charge < -0.3 is 15.0 Å². The van der Waals surface area contributed by atoms with Crippen molar-refractivity contribution in [3.63, 3.8) is 0 Å². The molecule has 2 atom stereocenters. The summed E-state index contributed by atoms with van der Waals surface area (Å²) in [5.41, 5.74) is 0.817. The number of amides is 1. The van der Waals surface area contributed by atoms with Crippen molar-refractivity contribution in [1.29, 1.82) is 0 Å². The van der Waals surface area contributed by atoms with Crippen molar-refractivity contribution in [3.8, 4) is 5.75 Å². The van der Waals surface area contributed by atoms with Crippen molar-refractivity contribution < 1.29 is 18.3 Å². The molecule has 2 rings (SSSR count). The monoisotopic (exact) mass is 407 g/mol. The lowest BCUT2D eigenvalue weighted by atomic mass is 10.1. The molecule has 1 amide bonds. The van der Waals surface area contributed by atoms with Crippen LogP contribution in [0.1, 0.15) is 27.2 Å². The normalized spacial score (nSPS) is 14.4. The molecule has 1 aromatic carbocycles. The van der Waals surface area contributed by atoms with E-state index in [0.29, 0.717) is 24.9 Å². The highest BCUT2D eigenvalue weighted by Gasteiger charge is 2.34. The van der Waals surface area contributed by atoms with E-state index in [-0.39, 0.29) is 0 Å². The highest BCUT2D eigenvalue weighted by molar-refractivity contribution is 5.84. The number of fused-ring (bicyclic) bond motifs is 1. The first-order valence-corrected chi connectivity index (χ1v) is 9.25. The first-order valence-electron chi connectivity index (χ1n) is 9.25. The molecule has 158 valence electrons. The van der Waals surface area contributed by atoms with Crippen LogP contribution in [-0.2, 0) is 4.79 Å². The van der Waals surface area contributed by atoms with Crippen LogP contribution in [-0.4, -0.2) is 59.5 Å². The van der Waals surface area contributed by atoms with Crippen molar-refractivity contribution in [2.75, 3.05) is 14.1 Å². The van der Waals surface area contributed by atoms with Crippen LogP contribution in [0.3, 0.4) is 0 Å². The van der Waals surface area contributed by atoms with E-state index in [0.717, 1.165) is 10.9 Å². The largest absolute Gasteiger partial charge is 0.488 e. The van der Waals surface area contributed by atoms with E-state index in [1.807, 2.05) is 32.0 Å². The first kappa shape index (κ1) is 22.3. The lowest BCUT2D eigenvalue weighted by Crippen LogP contribution is -2.48. The number of hydrogen-bond donors (Lipinski definition) is 1. The second-order valence-electron chi connectivity index (χ2n) is 7.10. The number of ether oxygens (including phenoxy) is 1. The van der Waals surface area contributed by atoms with Crippen LogP contribution in [0.15, 0.2) is 35.6 Å². The van der Waals surface area contributed by atoms with E-state index in [9.17, 15) is 13.6 Å². The highest BCUT2D eigenvalue weighted by atomic mass is 19.3. The van der Waals surface area contributed by atoms with Gasteiger partial charge in [-0.05, 0) is 38.3 Å². The van der Waals surface area contributed by atoms with Crippen LogP contribution in [0.5, 0.6) is 5.75 Å². The average Bonchev–Trinajstić information content (AvgIpc) is 3.06. The third kappa shape index (κ3) is 5.52. The van der Waals surface area contributed by atoms with Crippen LogP contribution in [0, 0.1) is 0 Å². The lowest BCUT2D eigenvalue weighted by Gasteiger charge is -2.26. The Morgan fingerprint density at radius 1 is 1.48 bits per heavy atom. The third-order valence-electron chi connectivity index (χ3n) is 4.30. The second kappa shape index (κ2) is 9.02. The molecule has 0 aliphatic heterocycles. The topological polar surface area (TPSA) is 71.8 Å². The molecule has 0 fully saturated rings. The summed E-state index contributed by atoms with van der Waals surface area (Å²) in [5.74, 6) is -3.63. The van der Waals surface area contributed by atoms with Gasteiger partial charge in [0.2, 0.25) is 0 Å². The number of halogens is 2. The molecule has 1 N–H and O–H groups in total. The maximum absolute atomic E-state index is 13.1. The Bertz CT molecular complexity index is 902. The number of aromatic nitrogens is 2. The fourth-order valence-electron chi connectivity index (χ4n) is 2.80. The standard InChI is InChI=1S/C20H27F2N5O2/c1-7-17(13(2)25-19(28)20(3,21)22)29-15-8-9-16-14(10-15)11-24-27(16)18(23-4)12-26(5)6/h8-13,17H,4,7H2,1-3,5-6H3,(H,25,28)/b18-12+/t13-,17+/m0/s1. The van der Waals surface area contributed by atoms with Crippen LogP contribution in [0.2, 0.25) is 0 Å². The molecule has 0 aliphatic rings. The SMILES string of the molecule is C=N/C(=C\N(C)C)n1ncc2cc(O[C@H](CC)[C@H](C)NC(=O)C(C)(F)F)ccc21. The number of benzene rings is 1. The Morgan fingerprint density at radius 3 is 2.72 bits per heavy atom. The van der Waals surface area contributed by atoms with Gasteiger partial charge in [-0.2, -0.15) is 13.9 Å². The molecule has 0 aliphatic carbocycles. The molecule has 0 spiro atoms. The fraction of sp³-hybridized carbons (Fsp3) is 0.450. The molecule has 9 heteroatoms. The summed E-state index contributed by atoms with van der Waals surface area (Å²) in [6, 6.07) is 4.82. The fourth-order valence-corrected chi connectivity index (χ4v) is 2.80. The molecule has 7 nitrogen and oxygen atoms in total. The van der Waals surface area contributed by atoms with Crippen LogP contribution in [0.4, 0.5) is 8.78 Å². The van der Waals surface area contributed by atoms with E-state index < -0.39 is 24.0 Å².